The second-order valence-electron chi connectivity index (χ2n) is 5.30. The Hall–Kier alpha value is -0.830. The highest BCUT2D eigenvalue weighted by Crippen LogP contribution is 2.50. The normalized spacial score (nSPS) is 23.0. The first-order valence-electron chi connectivity index (χ1n) is 5.76. The zero-order valence-corrected chi connectivity index (χ0v) is 9.95. The Morgan fingerprint density at radius 1 is 1.60 bits per heavy atom. The van der Waals surface area contributed by atoms with Crippen LogP contribution in [0, 0.1) is 11.3 Å². The van der Waals surface area contributed by atoms with Gasteiger partial charge in [-0.2, -0.15) is 0 Å². The van der Waals surface area contributed by atoms with Crippen molar-refractivity contribution in [3.05, 3.63) is 18.2 Å². The molecule has 1 aromatic rings. The van der Waals surface area contributed by atoms with E-state index in [1.807, 2.05) is 19.4 Å². The lowest BCUT2D eigenvalue weighted by Crippen LogP contribution is -2.22. The lowest BCUT2D eigenvalue weighted by atomic mass is 10.1. The van der Waals surface area contributed by atoms with E-state index < -0.39 is 0 Å². The molecule has 84 valence electrons. The van der Waals surface area contributed by atoms with Crippen LogP contribution in [0.2, 0.25) is 0 Å². The molecule has 0 bridgehead atoms. The third kappa shape index (κ3) is 2.59. The van der Waals surface area contributed by atoms with Crippen LogP contribution in [-0.4, -0.2) is 22.6 Å². The van der Waals surface area contributed by atoms with Gasteiger partial charge in [-0.15, -0.1) is 0 Å². The van der Waals surface area contributed by atoms with E-state index in [1.54, 1.807) is 0 Å². The molecule has 0 radical (unpaired) electrons. The molecule has 0 aromatic carbocycles. The first-order valence-corrected chi connectivity index (χ1v) is 5.76. The summed E-state index contributed by atoms with van der Waals surface area (Å²) >= 11 is 0. The van der Waals surface area contributed by atoms with Crippen LogP contribution in [0.25, 0.3) is 0 Å². The van der Waals surface area contributed by atoms with E-state index in [9.17, 15) is 0 Å². The summed E-state index contributed by atoms with van der Waals surface area (Å²) in [4.78, 5) is 4.30. The van der Waals surface area contributed by atoms with Crippen molar-refractivity contribution < 1.29 is 0 Å². The smallest absolute Gasteiger partial charge is 0.109 e. The molecule has 0 spiro atoms. The number of hydrogen-bond donors (Lipinski definition) is 1. The summed E-state index contributed by atoms with van der Waals surface area (Å²) in [6.07, 6.45) is 6.26. The fourth-order valence-corrected chi connectivity index (χ4v) is 2.04. The molecule has 1 atom stereocenters. The summed E-state index contributed by atoms with van der Waals surface area (Å²) < 4.78 is 2.09. The van der Waals surface area contributed by atoms with E-state index in [2.05, 4.69) is 28.7 Å². The molecule has 1 N–H and O–H groups in total. The molecular weight excluding hydrogens is 186 g/mol. The molecule has 1 saturated carbocycles. The van der Waals surface area contributed by atoms with Gasteiger partial charge in [0.05, 0.1) is 0 Å². The van der Waals surface area contributed by atoms with Crippen LogP contribution in [0.15, 0.2) is 12.4 Å². The van der Waals surface area contributed by atoms with Gasteiger partial charge in [0.15, 0.2) is 0 Å². The molecule has 1 aliphatic carbocycles. The molecule has 1 fully saturated rings. The van der Waals surface area contributed by atoms with Crippen molar-refractivity contribution in [2.24, 2.45) is 18.4 Å². The van der Waals surface area contributed by atoms with E-state index in [0.717, 1.165) is 31.3 Å². The molecule has 0 aliphatic heterocycles. The minimum absolute atomic E-state index is 0.593. The van der Waals surface area contributed by atoms with E-state index in [4.69, 9.17) is 0 Å². The van der Waals surface area contributed by atoms with Crippen LogP contribution in [0.3, 0.4) is 0 Å². The summed E-state index contributed by atoms with van der Waals surface area (Å²) in [7, 11) is 2.05. The maximum Gasteiger partial charge on any atom is 0.109 e. The average molecular weight is 207 g/mol. The topological polar surface area (TPSA) is 29.9 Å². The van der Waals surface area contributed by atoms with Crippen LogP contribution in [0.4, 0.5) is 0 Å². The largest absolute Gasteiger partial charge is 0.338 e. The molecule has 0 saturated heterocycles. The van der Waals surface area contributed by atoms with Crippen molar-refractivity contribution in [3.63, 3.8) is 0 Å². The molecule has 1 heterocycles. The maximum atomic E-state index is 4.30. The molecular formula is C12H21N3. The number of hydrogen-bond acceptors (Lipinski definition) is 2. The lowest BCUT2D eigenvalue weighted by molar-refractivity contribution is 0.518. The highest BCUT2D eigenvalue weighted by Gasteiger charge is 2.44. The molecule has 2 rings (SSSR count). The van der Waals surface area contributed by atoms with Gasteiger partial charge in [0.25, 0.3) is 0 Å². The highest BCUT2D eigenvalue weighted by atomic mass is 15.0. The molecule has 3 heteroatoms. The number of rotatable bonds is 5. The Morgan fingerprint density at radius 2 is 2.33 bits per heavy atom. The fraction of sp³-hybridized carbons (Fsp3) is 0.750. The molecule has 3 nitrogen and oxygen atoms in total. The summed E-state index contributed by atoms with van der Waals surface area (Å²) in [5.41, 5.74) is 0.593. The zero-order chi connectivity index (χ0) is 10.9. The van der Waals surface area contributed by atoms with Gasteiger partial charge in [0.2, 0.25) is 0 Å². The molecule has 1 unspecified atom stereocenters. The Morgan fingerprint density at radius 3 is 2.87 bits per heavy atom. The standard InChI is InChI=1S/C12H21N3/c1-12(2)8-10(12)9-13-5-4-11-14-6-7-15(11)3/h6-7,10,13H,4-5,8-9H2,1-3H3. The van der Waals surface area contributed by atoms with E-state index in [1.165, 1.54) is 6.42 Å². The quantitative estimate of drug-likeness (QED) is 0.743. The monoisotopic (exact) mass is 207 g/mol. The summed E-state index contributed by atoms with van der Waals surface area (Å²) in [5, 5.41) is 3.52. The molecule has 1 aromatic heterocycles. The van der Waals surface area contributed by atoms with Crippen LogP contribution in [0.5, 0.6) is 0 Å². The van der Waals surface area contributed by atoms with Crippen molar-refractivity contribution in [3.8, 4) is 0 Å². The Kier molecular flexibility index (Phi) is 2.83. The van der Waals surface area contributed by atoms with E-state index in [0.29, 0.717) is 5.41 Å². The third-order valence-corrected chi connectivity index (χ3v) is 3.55. The van der Waals surface area contributed by atoms with Crippen molar-refractivity contribution >= 4 is 0 Å². The Balaban J connectivity index is 1.62. The average Bonchev–Trinajstić information content (AvgIpc) is 2.56. The minimum atomic E-state index is 0.593. The number of nitrogens with one attached hydrogen (secondary N) is 1. The molecule has 15 heavy (non-hydrogen) atoms. The molecule has 1 aliphatic rings. The predicted molar refractivity (Wildman–Crippen MR) is 61.7 cm³/mol. The van der Waals surface area contributed by atoms with Crippen molar-refractivity contribution in [1.82, 2.24) is 14.9 Å². The van der Waals surface area contributed by atoms with Crippen LogP contribution < -0.4 is 5.32 Å². The highest BCUT2D eigenvalue weighted by molar-refractivity contribution is 4.96. The van der Waals surface area contributed by atoms with Gasteiger partial charge in [-0.1, -0.05) is 13.8 Å². The number of aromatic nitrogens is 2. The first kappa shape index (κ1) is 10.7. The van der Waals surface area contributed by atoms with E-state index in [-0.39, 0.29) is 0 Å². The van der Waals surface area contributed by atoms with Crippen molar-refractivity contribution in [2.45, 2.75) is 26.7 Å². The maximum absolute atomic E-state index is 4.30. The minimum Gasteiger partial charge on any atom is -0.338 e. The van der Waals surface area contributed by atoms with Crippen LogP contribution >= 0.6 is 0 Å². The number of aryl methyl sites for hydroxylation is 1. The van der Waals surface area contributed by atoms with Gasteiger partial charge in [-0.3, -0.25) is 0 Å². The van der Waals surface area contributed by atoms with Gasteiger partial charge < -0.3 is 9.88 Å². The van der Waals surface area contributed by atoms with Crippen molar-refractivity contribution in [1.29, 1.82) is 0 Å². The van der Waals surface area contributed by atoms with E-state index >= 15 is 0 Å². The predicted octanol–water partition coefficient (Wildman–Crippen LogP) is 1.60. The number of nitrogens with zero attached hydrogens (tertiary/aromatic N) is 2. The Labute approximate surface area is 91.9 Å². The summed E-state index contributed by atoms with van der Waals surface area (Å²) in [6.45, 7) is 6.89. The van der Waals surface area contributed by atoms with Gasteiger partial charge in [0.1, 0.15) is 5.82 Å². The Bertz CT molecular complexity index is 327. The summed E-state index contributed by atoms with van der Waals surface area (Å²) in [5.74, 6) is 2.05. The molecule has 0 amide bonds. The fourth-order valence-electron chi connectivity index (χ4n) is 2.04. The SMILES string of the molecule is Cn1ccnc1CCNCC1CC1(C)C. The second kappa shape index (κ2) is 3.97. The lowest BCUT2D eigenvalue weighted by Gasteiger charge is -2.06. The second-order valence-corrected chi connectivity index (χ2v) is 5.30. The van der Waals surface area contributed by atoms with Crippen LogP contribution in [0.1, 0.15) is 26.1 Å². The van der Waals surface area contributed by atoms with Crippen molar-refractivity contribution in [2.75, 3.05) is 13.1 Å². The van der Waals surface area contributed by atoms with Crippen LogP contribution in [-0.2, 0) is 13.5 Å². The third-order valence-electron chi connectivity index (χ3n) is 3.55. The van der Waals surface area contributed by atoms with Gasteiger partial charge in [-0.25, -0.2) is 4.98 Å². The van der Waals surface area contributed by atoms with Gasteiger partial charge >= 0.3 is 0 Å². The van der Waals surface area contributed by atoms with Gasteiger partial charge in [-0.05, 0) is 24.3 Å². The van der Waals surface area contributed by atoms with Gasteiger partial charge in [0, 0.05) is 32.4 Å². The number of imidazole rings is 1. The zero-order valence-electron chi connectivity index (χ0n) is 9.95. The first-order chi connectivity index (χ1) is 7.09. The summed E-state index contributed by atoms with van der Waals surface area (Å²) in [6, 6.07) is 0.